The molecule has 0 aromatic rings. The Labute approximate surface area is 299 Å². The first-order chi connectivity index (χ1) is 21.0. The summed E-state index contributed by atoms with van der Waals surface area (Å²) in [6.07, 6.45) is 12.4. The Morgan fingerprint density at radius 3 is 2.24 bits per heavy atom. The van der Waals surface area contributed by atoms with E-state index in [2.05, 4.69) is 59.4 Å². The summed E-state index contributed by atoms with van der Waals surface area (Å²) in [5.74, 6) is -0.0156. The topological polar surface area (TPSA) is 96.0 Å². The summed E-state index contributed by atoms with van der Waals surface area (Å²) < 4.78 is 11.6. The fourth-order valence-corrected chi connectivity index (χ4v) is 12.3. The van der Waals surface area contributed by atoms with E-state index in [1.165, 1.54) is 0 Å². The summed E-state index contributed by atoms with van der Waals surface area (Å²) in [4.78, 5) is 40.2. The Morgan fingerprint density at radius 1 is 0.891 bits per heavy atom. The molecule has 4 saturated carbocycles. The van der Waals surface area contributed by atoms with Crippen molar-refractivity contribution in [1.29, 1.82) is 0 Å². The summed E-state index contributed by atoms with van der Waals surface area (Å²) in [7, 11) is 0. The molecule has 7 nitrogen and oxygen atoms in total. The number of carbonyl (C=O) groups excluding carboxylic acids is 3. The normalized spacial score (nSPS) is 42.5. The van der Waals surface area contributed by atoms with Gasteiger partial charge < -0.3 is 24.3 Å². The number of carboxylic acid groups (broad SMARTS) is 1. The second-order valence-corrected chi connectivity index (χ2v) is 18.0. The zero-order valence-corrected chi connectivity index (χ0v) is 32.1. The average molecular weight is 648 g/mol. The number of morpholine rings is 1. The van der Waals surface area contributed by atoms with Crippen LogP contribution in [0, 0.1) is 50.2 Å². The van der Waals surface area contributed by atoms with Crippen LogP contribution in [-0.4, -0.2) is 55.2 Å². The largest absolute Gasteiger partial charge is 1.00 e. The maximum Gasteiger partial charge on any atom is 1.00 e. The molecule has 3 unspecified atom stereocenters. The molecule has 252 valence electrons. The van der Waals surface area contributed by atoms with Crippen molar-refractivity contribution in [2.45, 2.75) is 132 Å². The maximum absolute atomic E-state index is 14.5. The van der Waals surface area contributed by atoms with Crippen molar-refractivity contribution < 1.29 is 58.5 Å². The van der Waals surface area contributed by atoms with Crippen LogP contribution >= 0.6 is 0 Å². The number of aliphatic carboxylic acids is 1. The Hall–Kier alpha value is -0.890. The van der Waals surface area contributed by atoms with E-state index in [-0.39, 0.29) is 81.0 Å². The number of esters is 1. The number of nitrogens with zero attached hydrogens (tertiary/aromatic N) is 1. The third kappa shape index (κ3) is 5.57. The van der Waals surface area contributed by atoms with E-state index in [1.807, 2.05) is 0 Å². The second-order valence-electron chi connectivity index (χ2n) is 18.0. The third-order valence-corrected chi connectivity index (χ3v) is 15.1. The number of rotatable bonds is 5. The summed E-state index contributed by atoms with van der Waals surface area (Å²) in [6.45, 7) is 19.8. The standard InChI is InChI=1S/C38H59NO6.Na/c1-33(2)16-18-38(32(43)39-20-22-44-23-21-39)19-17-36(6)25(26(38)24-33)8-9-28-35(5)14-13-29(45-31(42)11-10-30(40)41)34(3,4)27(35)12-15-37(28,36)7;/h8,26-29H,9-24H2,1-7H3,(H,40,41);/q;+1/p-1/t26?,27?,28?,29-,35-,36+,37+,38-;/m0./s1. The van der Waals surface area contributed by atoms with Crippen LogP contribution in [0.3, 0.4) is 0 Å². The predicted octanol–water partition coefficient (Wildman–Crippen LogP) is 3.09. The minimum absolute atomic E-state index is 0. The molecule has 8 heteroatoms. The smallest absolute Gasteiger partial charge is 0.550 e. The Morgan fingerprint density at radius 2 is 1.57 bits per heavy atom. The number of ether oxygens (including phenoxy) is 2. The third-order valence-electron chi connectivity index (χ3n) is 15.1. The molecule has 0 aromatic heterocycles. The van der Waals surface area contributed by atoms with Crippen molar-refractivity contribution in [3.8, 4) is 0 Å². The number of hydrogen-bond donors (Lipinski definition) is 0. The average Bonchev–Trinajstić information content (AvgIpc) is 2.98. The van der Waals surface area contributed by atoms with Crippen LogP contribution < -0.4 is 34.7 Å². The minimum atomic E-state index is -1.21. The molecule has 5 fully saturated rings. The van der Waals surface area contributed by atoms with Gasteiger partial charge in [-0.1, -0.05) is 60.1 Å². The summed E-state index contributed by atoms with van der Waals surface area (Å²) >= 11 is 0. The molecule has 5 aliphatic carbocycles. The number of fused-ring (bicyclic) bond motifs is 7. The summed E-state index contributed by atoms with van der Waals surface area (Å²) in [6, 6.07) is 0. The van der Waals surface area contributed by atoms with E-state index in [0.29, 0.717) is 36.9 Å². The molecule has 0 aromatic carbocycles. The fraction of sp³-hybridized carbons (Fsp3) is 0.868. The van der Waals surface area contributed by atoms with Crippen LogP contribution in [0.4, 0.5) is 0 Å². The van der Waals surface area contributed by atoms with Gasteiger partial charge in [0.15, 0.2) is 0 Å². The first kappa shape index (κ1) is 36.4. The van der Waals surface area contributed by atoms with Gasteiger partial charge >= 0.3 is 35.5 Å². The van der Waals surface area contributed by atoms with E-state index in [9.17, 15) is 19.5 Å². The molecular weight excluding hydrogens is 589 g/mol. The van der Waals surface area contributed by atoms with Crippen molar-refractivity contribution in [3.05, 3.63) is 11.6 Å². The number of hydrogen-bond acceptors (Lipinski definition) is 6. The molecule has 0 bridgehead atoms. The van der Waals surface area contributed by atoms with Crippen molar-refractivity contribution in [3.63, 3.8) is 0 Å². The molecule has 46 heavy (non-hydrogen) atoms. The predicted molar refractivity (Wildman–Crippen MR) is 171 cm³/mol. The zero-order chi connectivity index (χ0) is 32.6. The van der Waals surface area contributed by atoms with E-state index in [4.69, 9.17) is 9.47 Å². The van der Waals surface area contributed by atoms with Crippen LogP contribution in [0.25, 0.3) is 0 Å². The van der Waals surface area contributed by atoms with Gasteiger partial charge in [0.25, 0.3) is 0 Å². The van der Waals surface area contributed by atoms with Gasteiger partial charge in [-0.2, -0.15) is 0 Å². The molecule has 1 saturated heterocycles. The molecular formula is C38H58NNaO6. The molecule has 0 radical (unpaired) electrons. The molecule has 8 atom stereocenters. The monoisotopic (exact) mass is 647 g/mol. The van der Waals surface area contributed by atoms with Crippen molar-refractivity contribution in [1.82, 2.24) is 4.90 Å². The first-order valence-electron chi connectivity index (χ1n) is 18.0. The Kier molecular flexibility index (Phi) is 9.86. The van der Waals surface area contributed by atoms with Gasteiger partial charge in [0.2, 0.25) is 5.91 Å². The van der Waals surface area contributed by atoms with Crippen LogP contribution in [-0.2, 0) is 23.9 Å². The van der Waals surface area contributed by atoms with Gasteiger partial charge in [0, 0.05) is 24.5 Å². The number of carbonyl (C=O) groups is 3. The Balaban J connectivity index is 0.00000417. The van der Waals surface area contributed by atoms with Gasteiger partial charge in [0.05, 0.1) is 25.0 Å². The Bertz CT molecular complexity index is 1260. The van der Waals surface area contributed by atoms with Crippen LogP contribution in [0.1, 0.15) is 126 Å². The maximum atomic E-state index is 14.5. The van der Waals surface area contributed by atoms with Gasteiger partial charge in [-0.25, -0.2) is 0 Å². The van der Waals surface area contributed by atoms with E-state index < -0.39 is 11.9 Å². The van der Waals surface area contributed by atoms with Crippen molar-refractivity contribution in [2.24, 2.45) is 50.2 Å². The molecule has 6 aliphatic rings. The van der Waals surface area contributed by atoms with Crippen LogP contribution in [0.15, 0.2) is 11.6 Å². The number of allylic oxidation sites excluding steroid dienone is 2. The second kappa shape index (κ2) is 12.5. The van der Waals surface area contributed by atoms with Crippen LogP contribution in [0.5, 0.6) is 0 Å². The fourth-order valence-electron chi connectivity index (χ4n) is 12.3. The van der Waals surface area contributed by atoms with Gasteiger partial charge in [-0.15, -0.1) is 0 Å². The van der Waals surface area contributed by atoms with Crippen molar-refractivity contribution in [2.75, 3.05) is 26.3 Å². The first-order valence-corrected chi connectivity index (χ1v) is 18.0. The zero-order valence-electron chi connectivity index (χ0n) is 30.1. The molecule has 1 aliphatic heterocycles. The van der Waals surface area contributed by atoms with Gasteiger partial charge in [0.1, 0.15) is 6.10 Å². The van der Waals surface area contributed by atoms with Crippen molar-refractivity contribution >= 4 is 17.8 Å². The van der Waals surface area contributed by atoms with E-state index in [1.54, 1.807) is 5.57 Å². The number of carboxylic acids is 1. The SMILES string of the molecule is CC1(C)CC[C@]2(C(=O)N3CCOCC3)CC[C@]3(C)C(=CCC4[C@@]5(C)CC[C@H](OC(=O)CCC(=O)[O-])C(C)(C)C5CC[C@]43C)C2C1.[Na+]. The summed E-state index contributed by atoms with van der Waals surface area (Å²) in [5, 5.41) is 10.9. The molecule has 6 rings (SSSR count). The number of amides is 1. The van der Waals surface area contributed by atoms with E-state index >= 15 is 0 Å². The summed E-state index contributed by atoms with van der Waals surface area (Å²) in [5.41, 5.74) is 1.62. The quantitative estimate of drug-likeness (QED) is 0.259. The van der Waals surface area contributed by atoms with Gasteiger partial charge in [-0.3, -0.25) is 9.59 Å². The van der Waals surface area contributed by atoms with Gasteiger partial charge in [-0.05, 0) is 110 Å². The molecule has 1 amide bonds. The van der Waals surface area contributed by atoms with Crippen LogP contribution in [0.2, 0.25) is 0 Å². The molecule has 1 heterocycles. The molecule has 0 N–H and O–H groups in total. The van der Waals surface area contributed by atoms with E-state index in [0.717, 1.165) is 77.3 Å². The minimum Gasteiger partial charge on any atom is -0.550 e. The molecule has 0 spiro atoms.